The largest absolute Gasteiger partial charge is 0.472 e. The summed E-state index contributed by atoms with van der Waals surface area (Å²) in [6.45, 7) is 0. The molecule has 0 fully saturated rings. The number of nitrogens with zero attached hydrogens (tertiary/aromatic N) is 2. The van der Waals surface area contributed by atoms with Crippen molar-refractivity contribution in [1.29, 1.82) is 0 Å². The van der Waals surface area contributed by atoms with E-state index in [2.05, 4.69) is 9.36 Å². The van der Waals surface area contributed by atoms with Crippen LogP contribution in [-0.2, 0) is 6.42 Å². The Morgan fingerprint density at radius 3 is 2.50 bits per heavy atom. The van der Waals surface area contributed by atoms with Gasteiger partial charge in [-0.05, 0) is 18.0 Å². The Balaban J connectivity index is 2.44. The maximum absolute atomic E-state index is 11.6. The van der Waals surface area contributed by atoms with Crippen LogP contribution < -0.4 is 0 Å². The fourth-order valence-electron chi connectivity index (χ4n) is 0.609. The zero-order valence-electron chi connectivity index (χ0n) is 5.85. The molecule has 0 aliphatic heterocycles. The quantitative estimate of drug-likeness (QED) is 0.730. The van der Waals surface area contributed by atoms with E-state index < -0.39 is 12.6 Å². The first-order valence-corrected chi connectivity index (χ1v) is 3.85. The van der Waals surface area contributed by atoms with Gasteiger partial charge < -0.3 is 10.7 Å². The molecule has 0 aliphatic carbocycles. The Bertz CT molecular complexity index is 257. The molecule has 1 heterocycles. The lowest BCUT2D eigenvalue weighted by molar-refractivity contribution is -0.134. The summed E-state index contributed by atoms with van der Waals surface area (Å²) in [5.74, 6) is 0.0994. The molecule has 3 nitrogen and oxygen atoms in total. The fraction of sp³-hybridized carbons (Fsp3) is 0.600. The van der Waals surface area contributed by atoms with E-state index in [9.17, 15) is 13.2 Å². The smallest absolute Gasteiger partial charge is 0.389 e. The number of halogens is 3. The van der Waals surface area contributed by atoms with E-state index in [4.69, 9.17) is 5.73 Å². The van der Waals surface area contributed by atoms with Crippen molar-refractivity contribution in [2.24, 2.45) is 0 Å². The van der Waals surface area contributed by atoms with Crippen LogP contribution in [0.5, 0.6) is 0 Å². The Morgan fingerprint density at radius 1 is 1.42 bits per heavy atom. The molecule has 12 heavy (non-hydrogen) atoms. The highest BCUT2D eigenvalue weighted by Crippen LogP contribution is 2.22. The normalized spacial score (nSPS) is 11.9. The predicted molar refractivity (Wildman–Crippen MR) is 38.3 cm³/mol. The summed E-state index contributed by atoms with van der Waals surface area (Å²) in [5, 5.41) is -0.0489. The van der Waals surface area contributed by atoms with E-state index in [-0.39, 0.29) is 17.4 Å². The molecule has 0 aromatic carbocycles. The van der Waals surface area contributed by atoms with E-state index >= 15 is 0 Å². The van der Waals surface area contributed by atoms with Crippen LogP contribution in [0.3, 0.4) is 0 Å². The van der Waals surface area contributed by atoms with Gasteiger partial charge in [-0.3, -0.25) is 0 Å². The van der Waals surface area contributed by atoms with E-state index in [1.54, 1.807) is 0 Å². The lowest BCUT2D eigenvalue weighted by Gasteiger charge is -2.04. The van der Waals surface area contributed by atoms with Gasteiger partial charge in [-0.25, -0.2) is 4.37 Å². The van der Waals surface area contributed by atoms with Crippen molar-refractivity contribution in [2.45, 2.75) is 19.0 Å². The summed E-state index contributed by atoms with van der Waals surface area (Å²) in [7, 11) is 0. The van der Waals surface area contributed by atoms with Gasteiger partial charge in [0.15, 0.2) is 0 Å². The van der Waals surface area contributed by atoms with E-state index in [1.807, 2.05) is 0 Å². The minimum absolute atomic E-state index is 0.0489. The Kier molecular flexibility index (Phi) is 2.51. The van der Waals surface area contributed by atoms with Gasteiger partial charge in [-0.1, -0.05) is 0 Å². The van der Waals surface area contributed by atoms with Gasteiger partial charge in [-0.2, -0.15) is 13.2 Å². The molecular formula is C5H5F3N3S-. The Morgan fingerprint density at radius 2 is 2.08 bits per heavy atom. The minimum Gasteiger partial charge on any atom is -0.472 e. The second-order valence-electron chi connectivity index (χ2n) is 2.13. The summed E-state index contributed by atoms with van der Waals surface area (Å²) < 4.78 is 38.5. The molecule has 0 atom stereocenters. The molecule has 0 saturated heterocycles. The first-order chi connectivity index (χ1) is 5.47. The number of hydrogen-bond donors (Lipinski definition) is 0. The predicted octanol–water partition coefficient (Wildman–Crippen LogP) is 2.72. The van der Waals surface area contributed by atoms with Gasteiger partial charge in [0.05, 0.1) is 0 Å². The monoisotopic (exact) mass is 196 g/mol. The maximum Gasteiger partial charge on any atom is 0.389 e. The lowest BCUT2D eigenvalue weighted by Crippen LogP contribution is -2.09. The van der Waals surface area contributed by atoms with Crippen molar-refractivity contribution in [2.75, 3.05) is 0 Å². The third-order valence-corrected chi connectivity index (χ3v) is 1.67. The molecule has 0 unspecified atom stereocenters. The van der Waals surface area contributed by atoms with E-state index in [1.165, 1.54) is 0 Å². The van der Waals surface area contributed by atoms with E-state index in [0.29, 0.717) is 0 Å². The summed E-state index contributed by atoms with van der Waals surface area (Å²) in [6.07, 6.45) is -5.34. The molecule has 7 heteroatoms. The molecule has 0 aliphatic rings. The molecular weight excluding hydrogens is 191 g/mol. The molecule has 1 aromatic rings. The number of alkyl halides is 3. The van der Waals surface area contributed by atoms with Crippen LogP contribution >= 0.6 is 11.5 Å². The zero-order valence-corrected chi connectivity index (χ0v) is 6.67. The first-order valence-electron chi connectivity index (χ1n) is 3.08. The van der Waals surface area contributed by atoms with Crippen molar-refractivity contribution in [3.05, 3.63) is 11.6 Å². The summed E-state index contributed by atoms with van der Waals surface area (Å²) in [4.78, 5) is 3.49. The Labute approximate surface area is 70.6 Å². The van der Waals surface area contributed by atoms with Crippen molar-refractivity contribution in [3.8, 4) is 0 Å². The molecule has 0 bridgehead atoms. The zero-order chi connectivity index (χ0) is 9.19. The van der Waals surface area contributed by atoms with Gasteiger partial charge in [0.2, 0.25) is 0 Å². The standard InChI is InChI=1S/C5H5F3N3S/c6-5(7,8)2-1-3-10-4(9)12-11-3/h1-2H2,(H-,9,10,11)/q-1. The highest BCUT2D eigenvalue weighted by Gasteiger charge is 2.26. The number of hydrogen-bond acceptors (Lipinski definition) is 3. The van der Waals surface area contributed by atoms with Crippen LogP contribution in [0, 0.1) is 0 Å². The first kappa shape index (κ1) is 9.24. The van der Waals surface area contributed by atoms with Crippen LogP contribution in [-0.4, -0.2) is 15.5 Å². The lowest BCUT2D eigenvalue weighted by atomic mass is 10.3. The van der Waals surface area contributed by atoms with Crippen LogP contribution in [0.1, 0.15) is 12.2 Å². The van der Waals surface area contributed by atoms with Crippen molar-refractivity contribution >= 4 is 16.7 Å². The second kappa shape index (κ2) is 3.26. The number of nitrogens with one attached hydrogen (secondary N) is 1. The molecule has 0 saturated carbocycles. The minimum atomic E-state index is -4.17. The van der Waals surface area contributed by atoms with Crippen molar-refractivity contribution < 1.29 is 13.2 Å². The molecule has 0 radical (unpaired) electrons. The molecule has 1 aromatic heterocycles. The third kappa shape index (κ3) is 3.04. The summed E-state index contributed by atoms with van der Waals surface area (Å²) >= 11 is 0.793. The Hall–Kier alpha value is -0.850. The van der Waals surface area contributed by atoms with Gasteiger partial charge >= 0.3 is 6.18 Å². The van der Waals surface area contributed by atoms with Crippen molar-refractivity contribution in [1.82, 2.24) is 9.36 Å². The number of aryl methyl sites for hydroxylation is 1. The van der Waals surface area contributed by atoms with Gasteiger partial charge in [0.1, 0.15) is 0 Å². The van der Waals surface area contributed by atoms with Crippen molar-refractivity contribution in [3.63, 3.8) is 0 Å². The molecule has 0 spiro atoms. The van der Waals surface area contributed by atoms with Crippen LogP contribution in [0.25, 0.3) is 5.73 Å². The van der Waals surface area contributed by atoms with Crippen LogP contribution in [0.15, 0.2) is 0 Å². The molecule has 0 amide bonds. The number of rotatable bonds is 2. The average molecular weight is 196 g/mol. The third-order valence-electron chi connectivity index (χ3n) is 1.10. The highest BCUT2D eigenvalue weighted by molar-refractivity contribution is 7.09. The SMILES string of the molecule is [NH-]c1nc(CCC(F)(F)F)ns1. The summed E-state index contributed by atoms with van der Waals surface area (Å²) in [6, 6.07) is 0. The summed E-state index contributed by atoms with van der Waals surface area (Å²) in [5.41, 5.74) is 6.91. The van der Waals surface area contributed by atoms with E-state index in [0.717, 1.165) is 11.5 Å². The highest BCUT2D eigenvalue weighted by atomic mass is 32.1. The topological polar surface area (TPSA) is 49.6 Å². The van der Waals surface area contributed by atoms with Gasteiger partial charge in [0, 0.05) is 17.4 Å². The van der Waals surface area contributed by atoms with Crippen LogP contribution in [0.2, 0.25) is 0 Å². The second-order valence-corrected chi connectivity index (χ2v) is 2.88. The molecule has 68 valence electrons. The van der Waals surface area contributed by atoms with Crippen LogP contribution in [0.4, 0.5) is 18.3 Å². The van der Waals surface area contributed by atoms with Gasteiger partial charge in [0.25, 0.3) is 0 Å². The maximum atomic E-state index is 11.6. The van der Waals surface area contributed by atoms with Gasteiger partial charge in [-0.15, -0.1) is 0 Å². The molecule has 1 rings (SSSR count). The number of aromatic nitrogens is 2. The molecule has 1 N–H and O–H groups in total. The fourth-order valence-corrected chi connectivity index (χ4v) is 1.08. The average Bonchev–Trinajstić information content (AvgIpc) is 2.30.